The SMILES string of the molecule is [2H]c1c([2H])c(N(c2ccc3c4ccccc4c4ccccc4c3c2)c2cc3ccccc3c3ccccc23)c([2H])c([2H])c1-c1ccc2c(ccc3ccccc32)c1. The first-order valence-electron chi connectivity index (χ1n) is 20.0. The van der Waals surface area contributed by atoms with Gasteiger partial charge in [-0.05, 0) is 117 Å². The molecule has 0 N–H and O–H groups in total. The van der Waals surface area contributed by atoms with E-state index >= 15 is 0 Å². The van der Waals surface area contributed by atoms with Gasteiger partial charge >= 0.3 is 0 Å². The second kappa shape index (κ2) is 11.8. The lowest BCUT2D eigenvalue weighted by Gasteiger charge is -2.28. The molecule has 53 heavy (non-hydrogen) atoms. The van der Waals surface area contributed by atoms with Gasteiger partial charge in [-0.2, -0.15) is 0 Å². The van der Waals surface area contributed by atoms with E-state index in [1.165, 1.54) is 5.39 Å². The molecule has 0 saturated heterocycles. The van der Waals surface area contributed by atoms with Crippen LogP contribution in [0.2, 0.25) is 0 Å². The van der Waals surface area contributed by atoms with E-state index in [0.29, 0.717) is 5.56 Å². The van der Waals surface area contributed by atoms with Crippen LogP contribution in [-0.4, -0.2) is 0 Å². The molecule has 1 nitrogen and oxygen atoms in total. The summed E-state index contributed by atoms with van der Waals surface area (Å²) < 4.78 is 38.7. The van der Waals surface area contributed by atoms with Crippen molar-refractivity contribution in [3.63, 3.8) is 0 Å². The molecule has 0 radical (unpaired) electrons. The van der Waals surface area contributed by atoms with Crippen LogP contribution in [0.5, 0.6) is 0 Å². The summed E-state index contributed by atoms with van der Waals surface area (Å²) in [6.07, 6.45) is 0. The first-order chi connectivity index (χ1) is 28.0. The van der Waals surface area contributed by atoms with Gasteiger partial charge in [0.15, 0.2) is 0 Å². The van der Waals surface area contributed by atoms with Crippen LogP contribution in [0.15, 0.2) is 200 Å². The standard InChI is InChI=1S/C52H33N/c1-3-13-41-35(11-1)21-22-38-31-36(25-29-43(38)41)34-23-26-39(27-24-34)53(52-32-37-12-2-4-14-42(37)44-15-9-10-20-50(44)52)40-28-30-49-47-18-6-5-16-45(47)46-17-7-8-19-48(46)51(49)33-40/h1-33H/i23D,24D,26D,27D. The van der Waals surface area contributed by atoms with Gasteiger partial charge in [-0.15, -0.1) is 0 Å². The van der Waals surface area contributed by atoms with Crippen LogP contribution in [0.3, 0.4) is 0 Å². The van der Waals surface area contributed by atoms with Crippen molar-refractivity contribution in [1.82, 2.24) is 0 Å². The lowest BCUT2D eigenvalue weighted by molar-refractivity contribution is 1.31. The average Bonchev–Trinajstić information content (AvgIpc) is 3.27. The van der Waals surface area contributed by atoms with Crippen molar-refractivity contribution in [3.8, 4) is 11.1 Å². The molecule has 0 bridgehead atoms. The highest BCUT2D eigenvalue weighted by molar-refractivity contribution is 6.26. The summed E-state index contributed by atoms with van der Waals surface area (Å²) >= 11 is 0. The minimum absolute atomic E-state index is 0.0848. The first kappa shape index (κ1) is 25.9. The molecule has 0 atom stereocenters. The third kappa shape index (κ3) is 4.71. The van der Waals surface area contributed by atoms with E-state index in [2.05, 4.69) is 121 Å². The zero-order valence-electron chi connectivity index (χ0n) is 32.7. The molecule has 0 fully saturated rings. The number of benzene rings is 11. The molecule has 0 aromatic heterocycles. The van der Waals surface area contributed by atoms with Gasteiger partial charge in [0.1, 0.15) is 0 Å². The average molecular weight is 676 g/mol. The largest absolute Gasteiger partial charge is 0.310 e. The van der Waals surface area contributed by atoms with Gasteiger partial charge in [-0.25, -0.2) is 0 Å². The smallest absolute Gasteiger partial charge is 0.0645 e. The molecule has 0 aliphatic heterocycles. The molecule has 11 aromatic carbocycles. The van der Waals surface area contributed by atoms with Crippen LogP contribution < -0.4 is 4.90 Å². The third-order valence-electron chi connectivity index (χ3n) is 10.8. The van der Waals surface area contributed by atoms with Gasteiger partial charge in [0.2, 0.25) is 0 Å². The van der Waals surface area contributed by atoms with Gasteiger partial charge in [0.25, 0.3) is 0 Å². The number of hydrogen-bond acceptors (Lipinski definition) is 1. The van der Waals surface area contributed by atoms with Crippen LogP contribution in [0.25, 0.3) is 86.5 Å². The van der Waals surface area contributed by atoms with Crippen molar-refractivity contribution in [2.45, 2.75) is 0 Å². The Kier molecular flexibility index (Phi) is 5.77. The monoisotopic (exact) mass is 675 g/mol. The number of nitrogens with zero attached hydrogens (tertiary/aromatic N) is 1. The predicted octanol–water partition coefficient (Wildman–Crippen LogP) is 14.9. The van der Waals surface area contributed by atoms with Crippen LogP contribution >= 0.6 is 0 Å². The minimum Gasteiger partial charge on any atom is -0.310 e. The molecule has 0 amide bonds. The lowest BCUT2D eigenvalue weighted by atomic mass is 9.93. The fourth-order valence-corrected chi connectivity index (χ4v) is 8.37. The Balaban J connectivity index is 1.21. The third-order valence-corrected chi connectivity index (χ3v) is 10.8. The predicted molar refractivity (Wildman–Crippen MR) is 229 cm³/mol. The summed E-state index contributed by atoms with van der Waals surface area (Å²) in [6, 6.07) is 59.9. The minimum atomic E-state index is -0.106. The molecule has 0 aliphatic carbocycles. The molecule has 246 valence electrons. The van der Waals surface area contributed by atoms with Crippen LogP contribution in [0.4, 0.5) is 17.1 Å². The van der Waals surface area contributed by atoms with Gasteiger partial charge in [0, 0.05) is 16.8 Å². The quantitative estimate of drug-likeness (QED) is 0.168. The maximum absolute atomic E-state index is 9.76. The fraction of sp³-hybridized carbons (Fsp3) is 0. The molecular formula is C52H33N. The van der Waals surface area contributed by atoms with E-state index in [9.17, 15) is 5.48 Å². The Morgan fingerprint density at radius 1 is 0.283 bits per heavy atom. The Bertz CT molecular complexity index is 3420. The maximum atomic E-state index is 9.76. The van der Waals surface area contributed by atoms with Crippen LogP contribution in [0.1, 0.15) is 5.48 Å². The van der Waals surface area contributed by atoms with Crippen molar-refractivity contribution < 1.29 is 5.48 Å². The normalized spacial score (nSPS) is 12.8. The van der Waals surface area contributed by atoms with Gasteiger partial charge in [0.05, 0.1) is 11.2 Å². The zero-order valence-corrected chi connectivity index (χ0v) is 28.7. The fourth-order valence-electron chi connectivity index (χ4n) is 8.37. The molecule has 0 spiro atoms. The van der Waals surface area contributed by atoms with Gasteiger partial charge < -0.3 is 4.90 Å². The number of fused-ring (bicyclic) bond motifs is 12. The van der Waals surface area contributed by atoms with E-state index in [0.717, 1.165) is 81.4 Å². The highest BCUT2D eigenvalue weighted by Gasteiger charge is 2.19. The molecule has 0 saturated carbocycles. The Morgan fingerprint density at radius 3 is 1.42 bits per heavy atom. The molecule has 11 aromatic rings. The summed E-state index contributed by atoms with van der Waals surface area (Å²) in [5.74, 6) is 0. The summed E-state index contributed by atoms with van der Waals surface area (Å²) in [4.78, 5) is 1.95. The number of hydrogen-bond donors (Lipinski definition) is 0. The second-order valence-electron chi connectivity index (χ2n) is 13.8. The zero-order chi connectivity index (χ0) is 38.4. The highest BCUT2D eigenvalue weighted by atomic mass is 15.1. The summed E-state index contributed by atoms with van der Waals surface area (Å²) in [7, 11) is 0. The molecule has 0 aliphatic rings. The molecule has 0 heterocycles. The second-order valence-corrected chi connectivity index (χ2v) is 13.8. The van der Waals surface area contributed by atoms with Crippen LogP contribution in [-0.2, 0) is 0 Å². The van der Waals surface area contributed by atoms with Crippen molar-refractivity contribution in [2.75, 3.05) is 4.90 Å². The lowest BCUT2D eigenvalue weighted by Crippen LogP contribution is -2.10. The maximum Gasteiger partial charge on any atom is 0.0645 e. The topological polar surface area (TPSA) is 3.24 Å². The Hall–Kier alpha value is -6.96. The number of anilines is 3. The van der Waals surface area contributed by atoms with Gasteiger partial charge in [-0.3, -0.25) is 0 Å². The summed E-state index contributed by atoms with van der Waals surface area (Å²) in [6.45, 7) is 0. The molecule has 1 heteroatoms. The van der Waals surface area contributed by atoms with Gasteiger partial charge in [-0.1, -0.05) is 164 Å². The van der Waals surface area contributed by atoms with E-state index in [1.807, 2.05) is 59.5 Å². The van der Waals surface area contributed by atoms with Crippen molar-refractivity contribution in [3.05, 3.63) is 200 Å². The molecule has 11 rings (SSSR count). The summed E-state index contributed by atoms with van der Waals surface area (Å²) in [5.41, 5.74) is 2.65. The van der Waals surface area contributed by atoms with E-state index in [1.54, 1.807) is 0 Å². The van der Waals surface area contributed by atoms with E-state index in [-0.39, 0.29) is 35.4 Å². The van der Waals surface area contributed by atoms with E-state index < -0.39 is 0 Å². The highest BCUT2D eigenvalue weighted by Crippen LogP contribution is 2.45. The molecule has 0 unspecified atom stereocenters. The van der Waals surface area contributed by atoms with Crippen LogP contribution in [0, 0.1) is 0 Å². The Labute approximate surface area is 313 Å². The van der Waals surface area contributed by atoms with Crippen molar-refractivity contribution in [2.24, 2.45) is 0 Å². The number of rotatable bonds is 4. The summed E-state index contributed by atoms with van der Waals surface area (Å²) in [5, 5.41) is 15.2. The Morgan fingerprint density at radius 2 is 0.736 bits per heavy atom. The van der Waals surface area contributed by atoms with Crippen molar-refractivity contribution >= 4 is 92.5 Å². The first-order valence-corrected chi connectivity index (χ1v) is 18.0. The van der Waals surface area contributed by atoms with Crippen molar-refractivity contribution in [1.29, 1.82) is 0 Å². The van der Waals surface area contributed by atoms with E-state index in [4.69, 9.17) is 0 Å². The molecular weight excluding hydrogens is 639 g/mol.